The average molecular weight is 385 g/mol. The number of phenols is 1. The lowest BCUT2D eigenvalue weighted by Gasteiger charge is -2.31. The number of hydrogen-bond acceptors (Lipinski definition) is 6. The van der Waals surface area contributed by atoms with Gasteiger partial charge in [-0.25, -0.2) is 17.9 Å². The molecule has 0 aliphatic carbocycles. The number of sulfonamides is 1. The molecule has 1 aliphatic heterocycles. The number of likely N-dealkylation sites (tertiary alicyclic amines) is 1. The van der Waals surface area contributed by atoms with Crippen molar-refractivity contribution < 1.29 is 28.2 Å². The Labute approximate surface area is 151 Å². The van der Waals surface area contributed by atoms with Crippen molar-refractivity contribution >= 4 is 21.9 Å². The molecule has 0 radical (unpaired) electrons. The van der Waals surface area contributed by atoms with Crippen molar-refractivity contribution in [3.05, 3.63) is 23.8 Å². The van der Waals surface area contributed by atoms with Crippen molar-refractivity contribution in [3.8, 4) is 5.75 Å². The van der Waals surface area contributed by atoms with Gasteiger partial charge in [-0.05, 0) is 50.6 Å². The van der Waals surface area contributed by atoms with E-state index in [0.717, 1.165) is 37.6 Å². The number of aromatic carboxylic acids is 1. The summed E-state index contributed by atoms with van der Waals surface area (Å²) in [7, 11) is -3.88. The number of carbonyl (C=O) groups excluding carboxylic acids is 1. The summed E-state index contributed by atoms with van der Waals surface area (Å²) in [5.74, 6) is -2.37. The van der Waals surface area contributed by atoms with Crippen LogP contribution in [-0.4, -0.2) is 61.6 Å². The van der Waals surface area contributed by atoms with Crippen molar-refractivity contribution in [2.45, 2.75) is 24.2 Å². The van der Waals surface area contributed by atoms with Gasteiger partial charge in [0.2, 0.25) is 15.9 Å². The van der Waals surface area contributed by atoms with Crippen LogP contribution in [0.25, 0.3) is 0 Å². The first-order chi connectivity index (χ1) is 12.2. The first kappa shape index (κ1) is 20.1. The maximum atomic E-state index is 12.3. The second-order valence-electron chi connectivity index (χ2n) is 6.28. The molecule has 2 rings (SSSR count). The van der Waals surface area contributed by atoms with E-state index >= 15 is 0 Å². The van der Waals surface area contributed by atoms with E-state index in [1.54, 1.807) is 0 Å². The number of carbonyl (C=O) groups is 2. The van der Waals surface area contributed by atoms with Crippen LogP contribution in [0.15, 0.2) is 23.1 Å². The van der Waals surface area contributed by atoms with E-state index < -0.39 is 27.3 Å². The summed E-state index contributed by atoms with van der Waals surface area (Å²) >= 11 is 0. The summed E-state index contributed by atoms with van der Waals surface area (Å²) in [6, 6.07) is 3.10. The Hall–Kier alpha value is -2.17. The van der Waals surface area contributed by atoms with Gasteiger partial charge in [0.15, 0.2) is 0 Å². The summed E-state index contributed by atoms with van der Waals surface area (Å²) < 4.78 is 26.9. The lowest BCUT2D eigenvalue weighted by atomic mass is 9.97. The van der Waals surface area contributed by atoms with Crippen LogP contribution in [-0.2, 0) is 14.8 Å². The number of aromatic hydroxyl groups is 1. The first-order valence-corrected chi connectivity index (χ1v) is 9.76. The van der Waals surface area contributed by atoms with Crippen LogP contribution in [0.2, 0.25) is 0 Å². The molecule has 1 saturated heterocycles. The summed E-state index contributed by atoms with van der Waals surface area (Å²) in [4.78, 5) is 24.1. The van der Waals surface area contributed by atoms with Crippen molar-refractivity contribution in [1.29, 1.82) is 0 Å². The molecule has 144 valence electrons. The highest BCUT2D eigenvalue weighted by atomic mass is 32.2. The number of nitrogens with one attached hydrogen (secondary N) is 1. The standard InChI is InChI=1S/C16H23N3O6S/c17-15(21)11-3-1-7-19(10-11)8-2-6-18-26(24,25)12-4-5-14(20)13(9-12)16(22)23/h4-5,9,11,18,20H,1-3,6-8,10H2,(H2,17,21)(H,22,23)/t11-/m1/s1. The summed E-state index contributed by atoms with van der Waals surface area (Å²) in [5, 5.41) is 18.4. The van der Waals surface area contributed by atoms with E-state index in [2.05, 4.69) is 9.62 Å². The predicted octanol–water partition coefficient (Wildman–Crippen LogP) is -0.0439. The van der Waals surface area contributed by atoms with Gasteiger partial charge in [-0.2, -0.15) is 0 Å². The number of carboxylic acids is 1. The van der Waals surface area contributed by atoms with E-state index in [4.69, 9.17) is 10.8 Å². The van der Waals surface area contributed by atoms with Gasteiger partial charge in [0.25, 0.3) is 0 Å². The fourth-order valence-corrected chi connectivity index (χ4v) is 4.04. The summed E-state index contributed by atoms with van der Waals surface area (Å²) in [6.45, 7) is 2.23. The van der Waals surface area contributed by atoms with Crippen molar-refractivity contribution in [2.75, 3.05) is 26.2 Å². The van der Waals surface area contributed by atoms with Gasteiger partial charge in [-0.1, -0.05) is 0 Å². The van der Waals surface area contributed by atoms with Crippen molar-refractivity contribution in [1.82, 2.24) is 9.62 Å². The first-order valence-electron chi connectivity index (χ1n) is 8.28. The van der Waals surface area contributed by atoms with E-state index in [1.807, 2.05) is 0 Å². The molecule has 1 aromatic carbocycles. The molecule has 0 aromatic heterocycles. The van der Waals surface area contributed by atoms with E-state index in [0.29, 0.717) is 19.5 Å². The number of primary amides is 1. The smallest absolute Gasteiger partial charge is 0.339 e. The third-order valence-corrected chi connectivity index (χ3v) is 5.82. The Balaban J connectivity index is 1.88. The third-order valence-electron chi connectivity index (χ3n) is 4.36. The van der Waals surface area contributed by atoms with Crippen molar-refractivity contribution in [2.24, 2.45) is 11.7 Å². The normalized spacial score (nSPS) is 18.5. The number of rotatable bonds is 8. The SMILES string of the molecule is NC(=O)[C@@H]1CCCN(CCCNS(=O)(=O)c2ccc(O)c(C(=O)O)c2)C1. The second kappa shape index (κ2) is 8.47. The zero-order valence-electron chi connectivity index (χ0n) is 14.2. The highest BCUT2D eigenvalue weighted by Crippen LogP contribution is 2.21. The number of hydrogen-bond donors (Lipinski definition) is 4. The van der Waals surface area contributed by atoms with Crippen LogP contribution in [0.5, 0.6) is 5.75 Å². The molecule has 1 aliphatic rings. The van der Waals surface area contributed by atoms with Gasteiger partial charge in [0, 0.05) is 13.1 Å². The Bertz CT molecular complexity index is 780. The fourth-order valence-electron chi connectivity index (χ4n) is 2.94. The van der Waals surface area contributed by atoms with Gasteiger partial charge in [-0.15, -0.1) is 0 Å². The molecule has 10 heteroatoms. The molecule has 0 saturated carbocycles. The van der Waals surface area contributed by atoms with Crippen LogP contribution in [0.4, 0.5) is 0 Å². The molecule has 1 atom stereocenters. The van der Waals surface area contributed by atoms with Gasteiger partial charge in [0.05, 0.1) is 10.8 Å². The molecular weight excluding hydrogens is 362 g/mol. The molecule has 1 heterocycles. The van der Waals surface area contributed by atoms with Gasteiger partial charge in [0.1, 0.15) is 11.3 Å². The zero-order chi connectivity index (χ0) is 19.3. The van der Waals surface area contributed by atoms with Crippen LogP contribution in [0.1, 0.15) is 29.6 Å². The largest absolute Gasteiger partial charge is 0.507 e. The van der Waals surface area contributed by atoms with E-state index in [-0.39, 0.29) is 23.3 Å². The molecular formula is C16H23N3O6S. The maximum absolute atomic E-state index is 12.3. The fraction of sp³-hybridized carbons (Fsp3) is 0.500. The number of nitrogens with zero attached hydrogens (tertiary/aromatic N) is 1. The van der Waals surface area contributed by atoms with Crippen LogP contribution in [0.3, 0.4) is 0 Å². The lowest BCUT2D eigenvalue weighted by molar-refractivity contribution is -0.123. The number of amides is 1. The highest BCUT2D eigenvalue weighted by Gasteiger charge is 2.24. The minimum atomic E-state index is -3.88. The van der Waals surface area contributed by atoms with Gasteiger partial charge in [-0.3, -0.25) is 4.79 Å². The molecule has 1 aromatic rings. The zero-order valence-corrected chi connectivity index (χ0v) is 15.0. The number of carboxylic acid groups (broad SMARTS) is 1. The minimum Gasteiger partial charge on any atom is -0.507 e. The molecule has 5 N–H and O–H groups in total. The topological polar surface area (TPSA) is 150 Å². The van der Waals surface area contributed by atoms with Crippen molar-refractivity contribution in [3.63, 3.8) is 0 Å². The number of benzene rings is 1. The van der Waals surface area contributed by atoms with E-state index in [9.17, 15) is 23.1 Å². The summed E-state index contributed by atoms with van der Waals surface area (Å²) in [6.07, 6.45) is 2.20. The maximum Gasteiger partial charge on any atom is 0.339 e. The Kier molecular flexibility index (Phi) is 6.57. The number of nitrogens with two attached hydrogens (primary N) is 1. The number of piperidine rings is 1. The molecule has 0 bridgehead atoms. The van der Waals surface area contributed by atoms with Crippen LogP contribution >= 0.6 is 0 Å². The van der Waals surface area contributed by atoms with Crippen LogP contribution < -0.4 is 10.5 Å². The Morgan fingerprint density at radius 3 is 2.73 bits per heavy atom. The quantitative estimate of drug-likeness (QED) is 0.458. The molecule has 1 amide bonds. The van der Waals surface area contributed by atoms with E-state index in [1.165, 1.54) is 0 Å². The van der Waals surface area contributed by atoms with Gasteiger partial charge < -0.3 is 20.8 Å². The predicted molar refractivity (Wildman–Crippen MR) is 93.2 cm³/mol. The average Bonchev–Trinajstić information content (AvgIpc) is 2.59. The molecule has 0 unspecified atom stereocenters. The second-order valence-corrected chi connectivity index (χ2v) is 8.04. The summed E-state index contributed by atoms with van der Waals surface area (Å²) in [5.41, 5.74) is 4.86. The molecule has 26 heavy (non-hydrogen) atoms. The van der Waals surface area contributed by atoms with Crippen LogP contribution in [0, 0.1) is 5.92 Å². The molecule has 1 fully saturated rings. The Morgan fingerprint density at radius 1 is 1.35 bits per heavy atom. The van der Waals surface area contributed by atoms with Gasteiger partial charge >= 0.3 is 5.97 Å². The third kappa shape index (κ3) is 5.16. The monoisotopic (exact) mass is 385 g/mol. The lowest BCUT2D eigenvalue weighted by Crippen LogP contribution is -2.42. The molecule has 9 nitrogen and oxygen atoms in total. The highest BCUT2D eigenvalue weighted by molar-refractivity contribution is 7.89. The Morgan fingerprint density at radius 2 is 2.08 bits per heavy atom. The molecule has 0 spiro atoms. The minimum absolute atomic E-state index is 0.160.